The predicted molar refractivity (Wildman–Crippen MR) is 41.0 cm³/mol. The molecule has 0 bridgehead atoms. The van der Waals surface area contributed by atoms with Crippen molar-refractivity contribution in [3.05, 3.63) is 0 Å². The molecule has 0 aromatic rings. The van der Waals surface area contributed by atoms with Crippen molar-refractivity contribution >= 4 is 5.91 Å². The van der Waals surface area contributed by atoms with E-state index in [2.05, 4.69) is 11.8 Å². The molecule has 0 unspecified atom stereocenters. The second-order valence-electron chi connectivity index (χ2n) is 1.74. The minimum atomic E-state index is -0.252. The van der Waals surface area contributed by atoms with Gasteiger partial charge < -0.3 is 0 Å². The number of nitrogens with zero attached hydrogens (tertiary/aromatic N) is 1. The third-order valence-electron chi connectivity index (χ3n) is 0.890. The minimum absolute atomic E-state index is 0.0568. The van der Waals surface area contributed by atoms with Gasteiger partial charge in [0.1, 0.15) is 13.2 Å². The molecule has 58 valence electrons. The number of hydrogen-bond donors (Lipinski definition) is 0. The molecule has 0 aliphatic carbocycles. The van der Waals surface area contributed by atoms with E-state index in [9.17, 15) is 4.79 Å². The van der Waals surface area contributed by atoms with Crippen molar-refractivity contribution < 1.29 is 9.63 Å². The van der Waals surface area contributed by atoms with E-state index in [-0.39, 0.29) is 19.1 Å². The van der Waals surface area contributed by atoms with E-state index in [1.807, 2.05) is 0 Å². The summed E-state index contributed by atoms with van der Waals surface area (Å²) in [6.07, 6.45) is 9.87. The van der Waals surface area contributed by atoms with Gasteiger partial charge in [-0.3, -0.25) is 9.63 Å². The molecule has 0 atom stereocenters. The maximum atomic E-state index is 10.7. The summed E-state index contributed by atoms with van der Waals surface area (Å²) >= 11 is 0. The van der Waals surface area contributed by atoms with E-state index in [0.29, 0.717) is 0 Å². The molecule has 3 nitrogen and oxygen atoms in total. The van der Waals surface area contributed by atoms with E-state index in [4.69, 9.17) is 17.7 Å². The zero-order valence-corrected chi connectivity index (χ0v) is 6.33. The van der Waals surface area contributed by atoms with Crippen LogP contribution in [-0.2, 0) is 9.63 Å². The van der Waals surface area contributed by atoms with E-state index in [1.165, 1.54) is 6.92 Å². The van der Waals surface area contributed by atoms with Crippen LogP contribution in [0.4, 0.5) is 0 Å². The van der Waals surface area contributed by atoms with Crippen LogP contribution in [-0.4, -0.2) is 24.1 Å². The number of rotatable bonds is 3. The topological polar surface area (TPSA) is 29.5 Å². The molecule has 0 aliphatic heterocycles. The van der Waals surface area contributed by atoms with Crippen LogP contribution in [0.15, 0.2) is 0 Å². The molecule has 0 aromatic carbocycles. The van der Waals surface area contributed by atoms with Gasteiger partial charge in [0.05, 0.1) is 0 Å². The first-order valence-electron chi connectivity index (χ1n) is 3.00. The maximum absolute atomic E-state index is 10.7. The van der Waals surface area contributed by atoms with Gasteiger partial charge in [-0.2, -0.15) is 0 Å². The summed E-state index contributed by atoms with van der Waals surface area (Å²) in [6.45, 7) is 1.53. The lowest BCUT2D eigenvalue weighted by molar-refractivity contribution is -0.175. The van der Waals surface area contributed by atoms with Crippen LogP contribution < -0.4 is 0 Å². The third-order valence-corrected chi connectivity index (χ3v) is 0.890. The summed E-state index contributed by atoms with van der Waals surface area (Å²) in [5.74, 6) is 4.24. The summed E-state index contributed by atoms with van der Waals surface area (Å²) in [5.41, 5.74) is 0. The van der Waals surface area contributed by atoms with Gasteiger partial charge in [0.2, 0.25) is 5.91 Å². The molecule has 1 amide bonds. The fourth-order valence-electron chi connectivity index (χ4n) is 0.446. The van der Waals surface area contributed by atoms with Crippen LogP contribution in [0.1, 0.15) is 6.92 Å². The lowest BCUT2D eigenvalue weighted by atomic mass is 10.6. The Morgan fingerprint density at radius 1 is 1.55 bits per heavy atom. The minimum Gasteiger partial charge on any atom is -0.273 e. The fraction of sp³-hybridized carbons (Fsp3) is 0.375. The summed E-state index contributed by atoms with van der Waals surface area (Å²) in [5, 5.41) is 1.04. The highest BCUT2D eigenvalue weighted by Crippen LogP contribution is 1.89. The van der Waals surface area contributed by atoms with Crippen molar-refractivity contribution in [2.45, 2.75) is 6.92 Å². The van der Waals surface area contributed by atoms with Crippen LogP contribution in [0, 0.1) is 24.7 Å². The molecule has 0 aromatic heterocycles. The fourth-order valence-corrected chi connectivity index (χ4v) is 0.446. The van der Waals surface area contributed by atoms with E-state index >= 15 is 0 Å². The Morgan fingerprint density at radius 2 is 2.18 bits per heavy atom. The predicted octanol–water partition coefficient (Wildman–Crippen LogP) is 0.0329. The average molecular weight is 151 g/mol. The summed E-state index contributed by atoms with van der Waals surface area (Å²) < 4.78 is 0. The van der Waals surface area contributed by atoms with E-state index in [1.54, 1.807) is 0 Å². The SMILES string of the molecule is C#CCON(CC#C)C(C)=O. The van der Waals surface area contributed by atoms with E-state index in [0.717, 1.165) is 5.06 Å². The molecule has 0 aliphatic rings. The Hall–Kier alpha value is -1.45. The number of hydroxylamine groups is 2. The first kappa shape index (κ1) is 9.55. The van der Waals surface area contributed by atoms with Crippen LogP contribution in [0.5, 0.6) is 0 Å². The number of carbonyl (C=O) groups is 1. The zero-order valence-electron chi connectivity index (χ0n) is 6.33. The Morgan fingerprint density at radius 3 is 2.55 bits per heavy atom. The Balaban J connectivity index is 3.83. The van der Waals surface area contributed by atoms with Crippen molar-refractivity contribution in [3.8, 4) is 24.7 Å². The molecule has 0 saturated heterocycles. The number of terminal acetylenes is 2. The highest BCUT2D eigenvalue weighted by atomic mass is 16.7. The number of hydrogen-bond acceptors (Lipinski definition) is 2. The Bertz CT molecular complexity index is 209. The highest BCUT2D eigenvalue weighted by Gasteiger charge is 2.05. The van der Waals surface area contributed by atoms with Crippen LogP contribution in [0.3, 0.4) is 0 Å². The van der Waals surface area contributed by atoms with Gasteiger partial charge in [-0.1, -0.05) is 11.8 Å². The van der Waals surface area contributed by atoms with Crippen LogP contribution in [0.2, 0.25) is 0 Å². The standard InChI is InChI=1S/C8H9NO2/c1-4-6-9(8(3)10)11-7-5-2/h1-2H,6-7H2,3H3. The maximum Gasteiger partial charge on any atom is 0.243 e. The van der Waals surface area contributed by atoms with Crippen molar-refractivity contribution in [2.75, 3.05) is 13.2 Å². The lowest BCUT2D eigenvalue weighted by Gasteiger charge is -2.15. The summed E-state index contributed by atoms with van der Waals surface area (Å²) in [6, 6.07) is 0. The number of carbonyl (C=O) groups excluding carboxylic acids is 1. The van der Waals surface area contributed by atoms with Crippen LogP contribution >= 0.6 is 0 Å². The molecule has 0 N–H and O–H groups in total. The molecule has 0 rings (SSSR count). The largest absolute Gasteiger partial charge is 0.273 e. The molecular formula is C8H9NO2. The zero-order chi connectivity index (χ0) is 8.69. The number of amides is 1. The average Bonchev–Trinajstić information content (AvgIpc) is 1.97. The molecule has 0 fully saturated rings. The van der Waals surface area contributed by atoms with Gasteiger partial charge in [0.15, 0.2) is 0 Å². The summed E-state index contributed by atoms with van der Waals surface area (Å²) in [4.78, 5) is 15.5. The third kappa shape index (κ3) is 4.02. The molecule has 0 spiro atoms. The van der Waals surface area contributed by atoms with Gasteiger partial charge in [-0.25, -0.2) is 5.06 Å². The second kappa shape index (κ2) is 5.34. The van der Waals surface area contributed by atoms with Gasteiger partial charge in [0.25, 0.3) is 0 Å². The molecule has 0 heterocycles. The molecular weight excluding hydrogens is 142 g/mol. The Labute approximate surface area is 66.3 Å². The summed E-state index contributed by atoms with van der Waals surface area (Å²) in [7, 11) is 0. The molecule has 3 heteroatoms. The van der Waals surface area contributed by atoms with Crippen molar-refractivity contribution in [2.24, 2.45) is 0 Å². The monoisotopic (exact) mass is 151 g/mol. The van der Waals surface area contributed by atoms with Crippen molar-refractivity contribution in [1.29, 1.82) is 0 Å². The Kier molecular flexibility index (Phi) is 4.64. The van der Waals surface area contributed by atoms with Gasteiger partial charge in [-0.05, 0) is 0 Å². The van der Waals surface area contributed by atoms with Gasteiger partial charge >= 0.3 is 0 Å². The molecule has 0 radical (unpaired) electrons. The normalized spacial score (nSPS) is 7.91. The van der Waals surface area contributed by atoms with Gasteiger partial charge in [-0.15, -0.1) is 12.8 Å². The van der Waals surface area contributed by atoms with Gasteiger partial charge in [0, 0.05) is 6.92 Å². The quantitative estimate of drug-likeness (QED) is 0.421. The second-order valence-corrected chi connectivity index (χ2v) is 1.74. The van der Waals surface area contributed by atoms with Crippen molar-refractivity contribution in [1.82, 2.24) is 5.06 Å². The van der Waals surface area contributed by atoms with Crippen molar-refractivity contribution in [3.63, 3.8) is 0 Å². The smallest absolute Gasteiger partial charge is 0.243 e. The first-order valence-corrected chi connectivity index (χ1v) is 3.00. The molecule has 11 heavy (non-hydrogen) atoms. The van der Waals surface area contributed by atoms with Crippen LogP contribution in [0.25, 0.3) is 0 Å². The highest BCUT2D eigenvalue weighted by molar-refractivity contribution is 5.72. The first-order chi connectivity index (χ1) is 5.22. The lowest BCUT2D eigenvalue weighted by Crippen LogP contribution is -2.29. The molecule has 0 saturated carbocycles. The van der Waals surface area contributed by atoms with E-state index < -0.39 is 0 Å².